The summed E-state index contributed by atoms with van der Waals surface area (Å²) in [5.74, 6) is 0.291. The van der Waals surface area contributed by atoms with E-state index >= 15 is 0 Å². The van der Waals surface area contributed by atoms with Gasteiger partial charge in [-0.05, 0) is 47.9 Å². The second kappa shape index (κ2) is 11.6. The maximum atomic E-state index is 13.4. The van der Waals surface area contributed by atoms with E-state index in [9.17, 15) is 4.79 Å². The van der Waals surface area contributed by atoms with Gasteiger partial charge in [-0.1, -0.05) is 73.7 Å². The van der Waals surface area contributed by atoms with Gasteiger partial charge in [-0.2, -0.15) is 5.10 Å². The Morgan fingerprint density at radius 2 is 1.66 bits per heavy atom. The van der Waals surface area contributed by atoms with Crippen molar-refractivity contribution in [1.29, 1.82) is 0 Å². The number of nitrogens with one attached hydrogen (secondary N) is 4. The van der Waals surface area contributed by atoms with Crippen LogP contribution in [0.1, 0.15) is 34.1 Å². The van der Waals surface area contributed by atoms with Gasteiger partial charge in [-0.15, -0.1) is 0 Å². The van der Waals surface area contributed by atoms with E-state index in [1.54, 1.807) is 0 Å². The molecule has 0 aliphatic heterocycles. The molecule has 0 bridgehead atoms. The van der Waals surface area contributed by atoms with Crippen molar-refractivity contribution in [3.8, 4) is 33.9 Å². The van der Waals surface area contributed by atoms with E-state index < -0.39 is 0 Å². The van der Waals surface area contributed by atoms with E-state index in [0.29, 0.717) is 29.5 Å². The molecule has 3 aromatic carbocycles. The van der Waals surface area contributed by atoms with E-state index in [-0.39, 0.29) is 5.91 Å². The van der Waals surface area contributed by atoms with E-state index in [2.05, 4.69) is 56.8 Å². The van der Waals surface area contributed by atoms with Crippen molar-refractivity contribution >= 4 is 16.8 Å². The topological polar surface area (TPSA) is 111 Å². The summed E-state index contributed by atoms with van der Waals surface area (Å²) in [4.78, 5) is 26.1. The molecule has 204 valence electrons. The predicted octanol–water partition coefficient (Wildman–Crippen LogP) is 6.03. The number of fused-ring (bicyclic) bond motifs is 1. The molecule has 6 aromatic rings. The summed E-state index contributed by atoms with van der Waals surface area (Å²) in [5.41, 5.74) is 8.83. The largest absolute Gasteiger partial charge is 0.347 e. The van der Waals surface area contributed by atoms with Crippen LogP contribution < -0.4 is 10.6 Å². The lowest BCUT2D eigenvalue weighted by Gasteiger charge is -2.11. The van der Waals surface area contributed by atoms with E-state index in [4.69, 9.17) is 4.98 Å². The highest BCUT2D eigenvalue weighted by Gasteiger charge is 2.22. The normalized spacial score (nSPS) is 11.2. The fourth-order valence-electron chi connectivity index (χ4n) is 4.98. The molecule has 0 unspecified atom stereocenters. The number of nitrogens with zero attached hydrogens (tertiary/aromatic N) is 3. The zero-order valence-corrected chi connectivity index (χ0v) is 23.0. The Bertz CT molecular complexity index is 1810. The van der Waals surface area contributed by atoms with E-state index in [0.717, 1.165) is 46.2 Å². The third kappa shape index (κ3) is 5.37. The number of rotatable bonds is 9. The first kappa shape index (κ1) is 26.2. The van der Waals surface area contributed by atoms with Crippen LogP contribution in [0.4, 0.5) is 0 Å². The van der Waals surface area contributed by atoms with Gasteiger partial charge < -0.3 is 15.6 Å². The van der Waals surface area contributed by atoms with Crippen LogP contribution in [0, 0.1) is 6.92 Å². The first-order valence-corrected chi connectivity index (χ1v) is 13.7. The lowest BCUT2D eigenvalue weighted by Crippen LogP contribution is -2.23. The Morgan fingerprint density at radius 3 is 2.44 bits per heavy atom. The van der Waals surface area contributed by atoms with Crippen LogP contribution >= 0.6 is 0 Å². The minimum absolute atomic E-state index is 0.230. The molecule has 1 amide bonds. The van der Waals surface area contributed by atoms with Crippen LogP contribution in [0.2, 0.25) is 0 Å². The van der Waals surface area contributed by atoms with Crippen LogP contribution in [-0.4, -0.2) is 37.6 Å². The molecule has 41 heavy (non-hydrogen) atoms. The van der Waals surface area contributed by atoms with Crippen LogP contribution in [0.25, 0.3) is 44.8 Å². The average Bonchev–Trinajstić information content (AvgIpc) is 3.65. The summed E-state index contributed by atoms with van der Waals surface area (Å²) in [6.07, 6.45) is 3.82. The third-order valence-corrected chi connectivity index (χ3v) is 7.26. The number of H-pyrrole nitrogens is 2. The Hall–Kier alpha value is -5.08. The third-order valence-electron chi connectivity index (χ3n) is 7.26. The number of hydrogen-bond donors (Lipinski definition) is 4. The number of carbonyl (C=O) groups is 1. The fraction of sp³-hybridized carbons (Fsp3) is 0.152. The highest BCUT2D eigenvalue weighted by molar-refractivity contribution is 6.00. The van der Waals surface area contributed by atoms with E-state index in [1.807, 2.05) is 79.1 Å². The van der Waals surface area contributed by atoms with Gasteiger partial charge in [0, 0.05) is 42.0 Å². The van der Waals surface area contributed by atoms with Crippen molar-refractivity contribution in [2.24, 2.45) is 0 Å². The number of hydrogen-bond acceptors (Lipinski definition) is 5. The van der Waals surface area contributed by atoms with Crippen molar-refractivity contribution < 1.29 is 4.79 Å². The van der Waals surface area contributed by atoms with Crippen molar-refractivity contribution in [1.82, 2.24) is 35.8 Å². The molecule has 0 saturated heterocycles. The van der Waals surface area contributed by atoms with E-state index in [1.165, 1.54) is 11.1 Å². The maximum Gasteiger partial charge on any atom is 0.270 e. The first-order valence-electron chi connectivity index (χ1n) is 13.7. The van der Waals surface area contributed by atoms with Crippen LogP contribution in [0.15, 0.2) is 91.3 Å². The molecule has 0 atom stereocenters. The Balaban J connectivity index is 1.39. The quantitative estimate of drug-likeness (QED) is 0.179. The highest BCUT2D eigenvalue weighted by Crippen LogP contribution is 2.33. The molecule has 0 aliphatic carbocycles. The van der Waals surface area contributed by atoms with Crippen LogP contribution in [-0.2, 0) is 13.1 Å². The SMILES string of the molecule is CCNCc1cncc(-c2ccc3[nH]nc(-c4nc(-c5ccccc5)c(C(=O)NCc5ccccc5)[nH]4)c3c2)c1C. The monoisotopic (exact) mass is 541 g/mol. The van der Waals surface area contributed by atoms with Gasteiger partial charge >= 0.3 is 0 Å². The molecule has 4 N–H and O–H groups in total. The molecule has 3 aromatic heterocycles. The molecular weight excluding hydrogens is 510 g/mol. The van der Waals surface area contributed by atoms with Crippen molar-refractivity contribution in [2.45, 2.75) is 26.9 Å². The van der Waals surface area contributed by atoms with Gasteiger partial charge in [-0.3, -0.25) is 14.9 Å². The fourth-order valence-corrected chi connectivity index (χ4v) is 4.98. The molecular formula is C33H31N7O. The number of imidazole rings is 1. The molecule has 0 saturated carbocycles. The molecule has 0 fully saturated rings. The lowest BCUT2D eigenvalue weighted by atomic mass is 9.98. The lowest BCUT2D eigenvalue weighted by molar-refractivity contribution is 0.0947. The molecule has 3 heterocycles. The Morgan fingerprint density at radius 1 is 0.878 bits per heavy atom. The zero-order valence-electron chi connectivity index (χ0n) is 23.0. The molecule has 0 radical (unpaired) electrons. The summed E-state index contributed by atoms with van der Waals surface area (Å²) in [7, 11) is 0. The number of pyridine rings is 1. The smallest absolute Gasteiger partial charge is 0.270 e. The predicted molar refractivity (Wildman–Crippen MR) is 162 cm³/mol. The molecule has 0 aliphatic rings. The average molecular weight is 542 g/mol. The maximum absolute atomic E-state index is 13.4. The minimum Gasteiger partial charge on any atom is -0.347 e. The van der Waals surface area contributed by atoms with Crippen molar-refractivity contribution in [3.63, 3.8) is 0 Å². The second-order valence-corrected chi connectivity index (χ2v) is 9.93. The molecule has 8 nitrogen and oxygen atoms in total. The van der Waals surface area contributed by atoms with Crippen LogP contribution in [0.5, 0.6) is 0 Å². The number of aromatic nitrogens is 5. The van der Waals surface area contributed by atoms with Crippen molar-refractivity contribution in [3.05, 3.63) is 114 Å². The van der Waals surface area contributed by atoms with Crippen LogP contribution in [0.3, 0.4) is 0 Å². The summed E-state index contributed by atoms with van der Waals surface area (Å²) >= 11 is 0. The standard InChI is InChI=1S/C33H31N7O/c1-3-34-18-25-19-35-20-27(21(25)2)24-14-15-28-26(16-24)30(40-39-28)32-37-29(23-12-8-5-9-13-23)31(38-32)33(41)36-17-22-10-6-4-7-11-22/h4-16,19-20,34H,3,17-18H2,1-2H3,(H,36,41)(H,37,38)(H,39,40). The van der Waals surface area contributed by atoms with Gasteiger partial charge in [0.05, 0.1) is 5.52 Å². The summed E-state index contributed by atoms with van der Waals surface area (Å²) in [6, 6.07) is 25.8. The molecule has 6 rings (SSSR count). The Kier molecular flexibility index (Phi) is 7.38. The number of amides is 1. The summed E-state index contributed by atoms with van der Waals surface area (Å²) in [5, 5.41) is 15.1. The summed E-state index contributed by atoms with van der Waals surface area (Å²) in [6.45, 7) is 6.30. The van der Waals surface area contributed by atoms with Gasteiger partial charge in [0.2, 0.25) is 0 Å². The van der Waals surface area contributed by atoms with Gasteiger partial charge in [0.25, 0.3) is 5.91 Å². The van der Waals surface area contributed by atoms with Gasteiger partial charge in [0.15, 0.2) is 5.82 Å². The number of carbonyl (C=O) groups excluding carboxylic acids is 1. The summed E-state index contributed by atoms with van der Waals surface area (Å²) < 4.78 is 0. The van der Waals surface area contributed by atoms with Gasteiger partial charge in [-0.25, -0.2) is 4.98 Å². The Labute approximate surface area is 238 Å². The highest BCUT2D eigenvalue weighted by atomic mass is 16.1. The van der Waals surface area contributed by atoms with Crippen molar-refractivity contribution in [2.75, 3.05) is 6.54 Å². The van der Waals surface area contributed by atoms with Gasteiger partial charge in [0.1, 0.15) is 17.1 Å². The minimum atomic E-state index is -0.230. The molecule has 0 spiro atoms. The second-order valence-electron chi connectivity index (χ2n) is 9.93. The number of benzene rings is 3. The first-order chi connectivity index (χ1) is 20.1. The molecule has 8 heteroatoms. The zero-order chi connectivity index (χ0) is 28.2. The number of aromatic amines is 2.